The molecule has 0 bridgehead atoms. The lowest BCUT2D eigenvalue weighted by Gasteiger charge is -2.26. The van der Waals surface area contributed by atoms with E-state index in [0.29, 0.717) is 6.67 Å². The zero-order valence-corrected chi connectivity index (χ0v) is 9.73. The highest BCUT2D eigenvalue weighted by Crippen LogP contribution is 2.27. The van der Waals surface area contributed by atoms with Crippen LogP contribution >= 0.6 is 0 Å². The van der Waals surface area contributed by atoms with E-state index in [1.807, 2.05) is 6.08 Å². The average Bonchev–Trinajstić information content (AvgIpc) is 2.33. The molecule has 0 unspecified atom stereocenters. The Morgan fingerprint density at radius 2 is 2.12 bits per heavy atom. The maximum Gasteiger partial charge on any atom is 0.0851 e. The van der Waals surface area contributed by atoms with Crippen LogP contribution in [0.4, 0.5) is 0 Å². The molecule has 3 heteroatoms. The highest BCUT2D eigenvalue weighted by Gasteiger charge is 2.13. The Hall–Kier alpha value is -1.06. The van der Waals surface area contributed by atoms with Gasteiger partial charge in [-0.25, -0.2) is 5.43 Å². The van der Waals surface area contributed by atoms with Gasteiger partial charge in [0.25, 0.3) is 0 Å². The zero-order valence-electron chi connectivity index (χ0n) is 9.73. The van der Waals surface area contributed by atoms with Gasteiger partial charge in [0, 0.05) is 11.9 Å². The van der Waals surface area contributed by atoms with Gasteiger partial charge in [0.1, 0.15) is 0 Å². The topological polar surface area (TPSA) is 41.3 Å². The maximum absolute atomic E-state index is 5.38. The lowest BCUT2D eigenvalue weighted by atomic mass is 9.88. The maximum atomic E-state index is 5.38. The molecule has 0 aromatic carbocycles. The molecule has 0 aromatic rings. The summed E-state index contributed by atoms with van der Waals surface area (Å²) in [6, 6.07) is 0. The molecule has 1 heterocycles. The van der Waals surface area contributed by atoms with Crippen molar-refractivity contribution < 1.29 is 0 Å². The lowest BCUT2D eigenvalue weighted by Crippen LogP contribution is -2.34. The predicted molar refractivity (Wildman–Crippen MR) is 67.0 cm³/mol. The summed E-state index contributed by atoms with van der Waals surface area (Å²) in [7, 11) is 0. The summed E-state index contributed by atoms with van der Waals surface area (Å²) in [5.74, 6) is 6.13. The molecule has 0 spiro atoms. The normalized spacial score (nSPS) is 24.3. The fourth-order valence-corrected chi connectivity index (χ4v) is 2.43. The van der Waals surface area contributed by atoms with E-state index >= 15 is 0 Å². The van der Waals surface area contributed by atoms with E-state index in [-0.39, 0.29) is 0 Å². The number of allylic oxidation sites excluding steroid dienone is 4. The van der Waals surface area contributed by atoms with Crippen LogP contribution in [0.5, 0.6) is 0 Å². The molecule has 3 N–H and O–H groups in total. The summed E-state index contributed by atoms with van der Waals surface area (Å²) < 4.78 is 0. The van der Waals surface area contributed by atoms with Gasteiger partial charge in [-0.05, 0) is 30.9 Å². The molecule has 2 aliphatic rings. The third-order valence-corrected chi connectivity index (χ3v) is 3.29. The van der Waals surface area contributed by atoms with Crippen molar-refractivity contribution in [1.82, 2.24) is 10.3 Å². The van der Waals surface area contributed by atoms with E-state index in [0.717, 1.165) is 5.92 Å². The van der Waals surface area contributed by atoms with Crippen molar-refractivity contribution in [2.75, 3.05) is 6.67 Å². The predicted octanol–water partition coefficient (Wildman–Crippen LogP) is 2.26. The molecular weight excluding hydrogens is 198 g/mol. The third-order valence-electron chi connectivity index (χ3n) is 3.29. The second kappa shape index (κ2) is 5.87. The monoisotopic (exact) mass is 219 g/mol. The lowest BCUT2D eigenvalue weighted by molar-refractivity contribution is 0.394. The van der Waals surface area contributed by atoms with Gasteiger partial charge in [-0.15, -0.1) is 0 Å². The molecule has 0 atom stereocenters. The molecule has 0 aromatic heterocycles. The summed E-state index contributed by atoms with van der Waals surface area (Å²) >= 11 is 0. The van der Waals surface area contributed by atoms with Gasteiger partial charge in [-0.1, -0.05) is 31.4 Å². The molecule has 0 amide bonds. The van der Waals surface area contributed by atoms with E-state index in [2.05, 4.69) is 34.8 Å². The van der Waals surface area contributed by atoms with Crippen molar-refractivity contribution in [2.24, 2.45) is 11.8 Å². The summed E-state index contributed by atoms with van der Waals surface area (Å²) in [5, 5.41) is 0. The molecule has 1 aliphatic heterocycles. The van der Waals surface area contributed by atoms with E-state index in [9.17, 15) is 0 Å². The third kappa shape index (κ3) is 2.97. The summed E-state index contributed by atoms with van der Waals surface area (Å²) in [6.45, 7) is 0.666. The molecule has 1 saturated carbocycles. The van der Waals surface area contributed by atoms with Gasteiger partial charge in [-0.2, -0.15) is 0 Å². The van der Waals surface area contributed by atoms with Crippen LogP contribution in [0.1, 0.15) is 32.1 Å². The van der Waals surface area contributed by atoms with Crippen molar-refractivity contribution in [2.45, 2.75) is 32.1 Å². The minimum atomic E-state index is 0.666. The van der Waals surface area contributed by atoms with Gasteiger partial charge in [0.15, 0.2) is 0 Å². The zero-order chi connectivity index (χ0) is 11.2. The molecule has 1 aliphatic carbocycles. The molecule has 1 fully saturated rings. The number of nitrogens with zero attached hydrogens (tertiary/aromatic N) is 1. The molecule has 0 radical (unpaired) electrons. The Balaban J connectivity index is 2.01. The smallest absolute Gasteiger partial charge is 0.0851 e. The van der Waals surface area contributed by atoms with E-state index in [1.54, 1.807) is 0 Å². The van der Waals surface area contributed by atoms with Crippen molar-refractivity contribution in [3.05, 3.63) is 36.2 Å². The van der Waals surface area contributed by atoms with Gasteiger partial charge >= 0.3 is 0 Å². The Labute approximate surface area is 97.7 Å². The van der Waals surface area contributed by atoms with Crippen LogP contribution in [0.2, 0.25) is 0 Å². The highest BCUT2D eigenvalue weighted by molar-refractivity contribution is 5.28. The number of nitrogens with two attached hydrogens (primary N) is 1. The first-order valence-corrected chi connectivity index (χ1v) is 6.17. The van der Waals surface area contributed by atoms with E-state index in [4.69, 9.17) is 5.84 Å². The van der Waals surface area contributed by atoms with Crippen molar-refractivity contribution in [3.63, 3.8) is 0 Å². The molecule has 2 rings (SSSR count). The minimum Gasteiger partial charge on any atom is -0.334 e. The first kappa shape index (κ1) is 11.4. The summed E-state index contributed by atoms with van der Waals surface area (Å²) in [5.41, 5.74) is 3.98. The molecule has 88 valence electrons. The van der Waals surface area contributed by atoms with Crippen LogP contribution in [0.25, 0.3) is 0 Å². The highest BCUT2D eigenvalue weighted by atomic mass is 15.3. The van der Waals surface area contributed by atoms with Gasteiger partial charge < -0.3 is 4.90 Å². The van der Waals surface area contributed by atoms with Crippen LogP contribution in [-0.4, -0.2) is 11.6 Å². The second-order valence-corrected chi connectivity index (χ2v) is 4.52. The Morgan fingerprint density at radius 3 is 2.88 bits per heavy atom. The van der Waals surface area contributed by atoms with Crippen LogP contribution < -0.4 is 11.3 Å². The molecule has 16 heavy (non-hydrogen) atoms. The van der Waals surface area contributed by atoms with Crippen LogP contribution in [0.3, 0.4) is 0 Å². The Kier molecular flexibility index (Phi) is 4.19. The summed E-state index contributed by atoms with van der Waals surface area (Å²) in [4.78, 5) is 2.15. The Bertz CT molecular complexity index is 298. The average molecular weight is 219 g/mol. The summed E-state index contributed by atoms with van der Waals surface area (Å²) in [6.07, 6.45) is 17.6. The van der Waals surface area contributed by atoms with Crippen molar-refractivity contribution in [3.8, 4) is 0 Å². The van der Waals surface area contributed by atoms with Gasteiger partial charge in [0.05, 0.1) is 6.67 Å². The van der Waals surface area contributed by atoms with Crippen LogP contribution in [0, 0.1) is 5.92 Å². The quantitative estimate of drug-likeness (QED) is 0.565. The Morgan fingerprint density at radius 1 is 1.31 bits per heavy atom. The number of hydrazine groups is 1. The van der Waals surface area contributed by atoms with Gasteiger partial charge in [0.2, 0.25) is 0 Å². The first-order valence-electron chi connectivity index (χ1n) is 6.17. The fraction of sp³-hybridized carbons (Fsp3) is 0.538. The minimum absolute atomic E-state index is 0.666. The fourth-order valence-electron chi connectivity index (χ4n) is 2.43. The number of nitrogens with one attached hydrogen (secondary N) is 1. The standard InChI is InChI=1S/C13H21N3/c14-15-11-16-9-5-4-8-13(16)10-12-6-2-1-3-7-12/h4-5,8-10,12,15H,1-3,6-7,11,14H2/b13-10-. The van der Waals surface area contributed by atoms with Crippen LogP contribution in [-0.2, 0) is 0 Å². The van der Waals surface area contributed by atoms with Crippen molar-refractivity contribution >= 4 is 0 Å². The molecule has 0 saturated heterocycles. The largest absolute Gasteiger partial charge is 0.334 e. The second-order valence-electron chi connectivity index (χ2n) is 4.52. The number of hydrogen-bond acceptors (Lipinski definition) is 3. The van der Waals surface area contributed by atoms with Gasteiger partial charge in [-0.3, -0.25) is 5.84 Å². The van der Waals surface area contributed by atoms with E-state index < -0.39 is 0 Å². The number of rotatable bonds is 3. The van der Waals surface area contributed by atoms with Crippen molar-refractivity contribution in [1.29, 1.82) is 0 Å². The molecular formula is C13H21N3. The van der Waals surface area contributed by atoms with E-state index in [1.165, 1.54) is 37.8 Å². The first-order chi connectivity index (χ1) is 7.90. The molecule has 3 nitrogen and oxygen atoms in total. The SMILES string of the molecule is NNCN1C=CC=C/C1=C/C1CCCCC1. The van der Waals surface area contributed by atoms with Crippen LogP contribution in [0.15, 0.2) is 36.2 Å². The number of hydrogen-bond donors (Lipinski definition) is 2.